The monoisotopic (exact) mass is 422 g/mol. The molecule has 0 bridgehead atoms. The smallest absolute Gasteiger partial charge is 0.338 e. The molecule has 0 fully saturated rings. The number of phenolic OH excluding ortho intramolecular Hbond substituents is 2. The number of rotatable bonds is 2. The molecule has 6 heteroatoms. The molecule has 0 amide bonds. The van der Waals surface area contributed by atoms with Gasteiger partial charge in [0, 0.05) is 87.8 Å². The van der Waals surface area contributed by atoms with Gasteiger partial charge in [0.15, 0.2) is 0 Å². The fourth-order valence-electron chi connectivity index (χ4n) is 1.60. The van der Waals surface area contributed by atoms with Crippen LogP contribution in [0, 0.1) is 0 Å². The van der Waals surface area contributed by atoms with Gasteiger partial charge in [0.1, 0.15) is 17.2 Å². The molecule has 0 aliphatic carbocycles. The van der Waals surface area contributed by atoms with Crippen LogP contribution < -0.4 is 4.74 Å². The number of benzene rings is 2. The normalized spacial score (nSPS) is 9.25. The Bertz CT molecular complexity index is 653. The van der Waals surface area contributed by atoms with Crippen molar-refractivity contribution in [3.05, 3.63) is 42.5 Å². The van der Waals surface area contributed by atoms with Crippen LogP contribution in [0.15, 0.2) is 42.5 Å². The number of hydrogen-bond donors (Lipinski definition) is 2. The molecule has 0 heterocycles. The molecule has 0 unspecified atom stereocenters. The third kappa shape index (κ3) is 4.36. The second-order valence-corrected chi connectivity index (χ2v) is 3.99. The molecule has 2 radical (unpaired) electrons. The van der Waals surface area contributed by atoms with E-state index < -0.39 is 5.97 Å². The van der Waals surface area contributed by atoms with Crippen molar-refractivity contribution in [3.63, 3.8) is 0 Å². The van der Waals surface area contributed by atoms with Gasteiger partial charge in [0.05, 0.1) is 0 Å². The molecule has 4 nitrogen and oxygen atoms in total. The van der Waals surface area contributed by atoms with Crippen LogP contribution in [0.25, 0.3) is 10.8 Å². The first-order valence-electron chi connectivity index (χ1n) is 5.31. The summed E-state index contributed by atoms with van der Waals surface area (Å²) in [5, 5.41) is 20.1. The Morgan fingerprint density at radius 2 is 1.80 bits per heavy atom. The molecule has 2 aromatic rings. The third-order valence-electron chi connectivity index (χ3n) is 2.47. The van der Waals surface area contributed by atoms with Crippen LogP contribution in [0.5, 0.6) is 17.2 Å². The number of hydrogen-bond acceptors (Lipinski definition) is 4. The van der Waals surface area contributed by atoms with E-state index in [1.807, 2.05) is 0 Å². The minimum Gasteiger partial charge on any atom is -0.508 e. The molecule has 0 aliphatic rings. The van der Waals surface area contributed by atoms with Gasteiger partial charge in [-0.15, -0.1) is 0 Å². The van der Waals surface area contributed by atoms with Crippen molar-refractivity contribution in [3.8, 4) is 17.2 Å². The summed E-state index contributed by atoms with van der Waals surface area (Å²) in [5.74, 6) is -0.450. The van der Waals surface area contributed by atoms with Gasteiger partial charge in [0.2, 0.25) is 0 Å². The first kappa shape index (κ1) is 19.7. The van der Waals surface area contributed by atoms with E-state index in [-0.39, 0.29) is 88.2 Å². The van der Waals surface area contributed by atoms with E-state index in [0.29, 0.717) is 10.8 Å². The summed E-state index contributed by atoms with van der Waals surface area (Å²) in [5.41, 5.74) is 0.274. The van der Waals surface area contributed by atoms with Crippen LogP contribution in [-0.2, 0) is 70.2 Å². The number of fused-ring (bicyclic) bond motifs is 1. The van der Waals surface area contributed by atoms with Gasteiger partial charge >= 0.3 is 5.97 Å². The number of esters is 1. The SMILES string of the molecule is C=C(C)C(=O)Oc1cccc2c(O)cc(O)cc12.[Y].[Y]. The minimum absolute atomic E-state index is 0. The van der Waals surface area contributed by atoms with E-state index in [4.69, 9.17) is 4.74 Å². The first-order chi connectivity index (χ1) is 8.49. The third-order valence-corrected chi connectivity index (χ3v) is 2.47. The van der Waals surface area contributed by atoms with Crippen molar-refractivity contribution in [2.45, 2.75) is 6.92 Å². The van der Waals surface area contributed by atoms with Crippen molar-refractivity contribution >= 4 is 16.7 Å². The predicted octanol–water partition coefficient (Wildman–Crippen LogP) is 2.73. The topological polar surface area (TPSA) is 66.8 Å². The van der Waals surface area contributed by atoms with Gasteiger partial charge in [-0.05, 0) is 19.1 Å². The van der Waals surface area contributed by atoms with Crippen molar-refractivity contribution < 1.29 is 85.2 Å². The molecular weight excluding hydrogens is 410 g/mol. The predicted molar refractivity (Wildman–Crippen MR) is 67.7 cm³/mol. The minimum atomic E-state index is -0.551. The van der Waals surface area contributed by atoms with Crippen LogP contribution in [0.3, 0.4) is 0 Å². The summed E-state index contributed by atoms with van der Waals surface area (Å²) in [6.45, 7) is 5.04. The van der Waals surface area contributed by atoms with E-state index in [2.05, 4.69) is 6.58 Å². The number of carbonyl (C=O) groups excluding carboxylic acids is 1. The van der Waals surface area contributed by atoms with Gasteiger partial charge in [-0.1, -0.05) is 18.7 Å². The zero-order valence-electron chi connectivity index (χ0n) is 11.0. The molecule has 0 saturated carbocycles. The van der Waals surface area contributed by atoms with Crippen molar-refractivity contribution in [1.82, 2.24) is 0 Å². The summed E-state index contributed by atoms with van der Waals surface area (Å²) in [6.07, 6.45) is 0. The summed E-state index contributed by atoms with van der Waals surface area (Å²) in [7, 11) is 0. The maximum absolute atomic E-state index is 11.5. The summed E-state index contributed by atoms with van der Waals surface area (Å²) < 4.78 is 5.14. The van der Waals surface area contributed by atoms with E-state index in [0.717, 1.165) is 0 Å². The zero-order valence-corrected chi connectivity index (χ0v) is 16.6. The standard InChI is InChI=1S/C14H12O4.2Y/c1-8(2)14(17)18-13-5-3-4-10-11(13)6-9(15)7-12(10)16;;/h3-7,15-16H,1H2,2H3;;. The Balaban J connectivity index is 0.00000180. The van der Waals surface area contributed by atoms with Crippen LogP contribution in [0.4, 0.5) is 0 Å². The molecule has 98 valence electrons. The fraction of sp³-hybridized carbons (Fsp3) is 0.0714. The molecule has 0 spiro atoms. The molecule has 20 heavy (non-hydrogen) atoms. The molecule has 0 aromatic heterocycles. The Labute approximate surface area is 167 Å². The molecule has 2 rings (SSSR count). The van der Waals surface area contributed by atoms with Crippen LogP contribution in [-0.4, -0.2) is 16.2 Å². The summed E-state index contributed by atoms with van der Waals surface area (Å²) in [4.78, 5) is 11.5. The van der Waals surface area contributed by atoms with Crippen molar-refractivity contribution in [1.29, 1.82) is 0 Å². The van der Waals surface area contributed by atoms with Crippen molar-refractivity contribution in [2.24, 2.45) is 0 Å². The number of phenols is 2. The quantitative estimate of drug-likeness (QED) is 0.444. The average Bonchev–Trinajstić information content (AvgIpc) is 2.29. The maximum atomic E-state index is 11.5. The van der Waals surface area contributed by atoms with E-state index in [1.54, 1.807) is 25.1 Å². The van der Waals surface area contributed by atoms with Gasteiger partial charge in [0.25, 0.3) is 0 Å². The fourth-order valence-corrected chi connectivity index (χ4v) is 1.60. The second-order valence-electron chi connectivity index (χ2n) is 3.99. The Kier molecular flexibility index (Phi) is 8.12. The average molecular weight is 422 g/mol. The number of aromatic hydroxyl groups is 2. The molecule has 2 aromatic carbocycles. The maximum Gasteiger partial charge on any atom is 0.338 e. The Hall–Kier alpha value is -0.282. The van der Waals surface area contributed by atoms with Gasteiger partial charge in [-0.25, -0.2) is 4.79 Å². The van der Waals surface area contributed by atoms with Crippen LogP contribution in [0.2, 0.25) is 0 Å². The van der Waals surface area contributed by atoms with E-state index in [9.17, 15) is 15.0 Å². The number of carbonyl (C=O) groups is 1. The molecule has 0 atom stereocenters. The number of ether oxygens (including phenoxy) is 1. The van der Waals surface area contributed by atoms with E-state index in [1.165, 1.54) is 12.1 Å². The van der Waals surface area contributed by atoms with Gasteiger partial charge < -0.3 is 14.9 Å². The molecule has 0 saturated heterocycles. The van der Waals surface area contributed by atoms with Crippen LogP contribution >= 0.6 is 0 Å². The van der Waals surface area contributed by atoms with Gasteiger partial charge in [-0.3, -0.25) is 0 Å². The largest absolute Gasteiger partial charge is 0.508 e. The molecule has 2 N–H and O–H groups in total. The molecular formula is C14H12O4Y2. The Morgan fingerprint density at radius 3 is 2.40 bits per heavy atom. The summed E-state index contributed by atoms with van der Waals surface area (Å²) >= 11 is 0. The van der Waals surface area contributed by atoms with Crippen LogP contribution in [0.1, 0.15) is 6.92 Å². The second kappa shape index (κ2) is 8.23. The molecule has 0 aliphatic heterocycles. The first-order valence-corrected chi connectivity index (χ1v) is 5.31. The van der Waals surface area contributed by atoms with Gasteiger partial charge in [-0.2, -0.15) is 0 Å². The van der Waals surface area contributed by atoms with E-state index >= 15 is 0 Å². The Morgan fingerprint density at radius 1 is 1.15 bits per heavy atom. The summed E-state index contributed by atoms with van der Waals surface area (Å²) in [6, 6.07) is 7.56. The van der Waals surface area contributed by atoms with Crippen molar-refractivity contribution in [2.75, 3.05) is 0 Å². The zero-order chi connectivity index (χ0) is 13.3.